The second-order valence-electron chi connectivity index (χ2n) is 6.59. The van der Waals surface area contributed by atoms with Gasteiger partial charge in [-0.05, 0) is 42.8 Å². The van der Waals surface area contributed by atoms with Crippen molar-refractivity contribution in [3.8, 4) is 0 Å². The predicted octanol–water partition coefficient (Wildman–Crippen LogP) is 3.97. The number of nitro groups is 1. The third-order valence-corrected chi connectivity index (χ3v) is 4.86. The molecule has 0 saturated heterocycles. The van der Waals surface area contributed by atoms with E-state index < -0.39 is 4.92 Å². The number of hydrogen-bond donors (Lipinski definition) is 0. The van der Waals surface area contributed by atoms with E-state index >= 15 is 0 Å². The zero-order chi connectivity index (χ0) is 20.5. The van der Waals surface area contributed by atoms with Crippen LogP contribution < -0.4 is 0 Å². The van der Waals surface area contributed by atoms with Crippen molar-refractivity contribution in [2.45, 2.75) is 6.92 Å². The molecule has 0 saturated carbocycles. The molecule has 29 heavy (non-hydrogen) atoms. The zero-order valence-electron chi connectivity index (χ0n) is 15.6. The Hall–Kier alpha value is -4.00. The SMILES string of the molecule is CCN(C=C1C=CN2C(=O)c3ccccc3C2=C1)C(=O)c1ccc([N+](=O)[O-])cc1. The quantitative estimate of drug-likeness (QED) is 0.587. The highest BCUT2D eigenvalue weighted by atomic mass is 16.6. The third kappa shape index (κ3) is 3.23. The third-order valence-electron chi connectivity index (χ3n) is 4.86. The molecule has 2 amide bonds. The van der Waals surface area contributed by atoms with Crippen LogP contribution in [-0.2, 0) is 0 Å². The van der Waals surface area contributed by atoms with Gasteiger partial charge >= 0.3 is 0 Å². The van der Waals surface area contributed by atoms with Crippen molar-refractivity contribution in [1.29, 1.82) is 0 Å². The van der Waals surface area contributed by atoms with Gasteiger partial charge in [-0.3, -0.25) is 24.6 Å². The average molecular weight is 387 g/mol. The molecule has 2 aromatic rings. The maximum atomic E-state index is 12.8. The van der Waals surface area contributed by atoms with Gasteiger partial charge in [-0.25, -0.2) is 0 Å². The molecule has 2 heterocycles. The zero-order valence-corrected chi connectivity index (χ0v) is 15.6. The van der Waals surface area contributed by atoms with E-state index in [1.807, 2.05) is 31.2 Å². The molecule has 0 unspecified atom stereocenters. The molecule has 2 aromatic carbocycles. The number of nitrogens with zero attached hydrogens (tertiary/aromatic N) is 3. The number of hydrogen-bond acceptors (Lipinski definition) is 4. The van der Waals surface area contributed by atoms with Crippen molar-refractivity contribution in [3.63, 3.8) is 0 Å². The highest BCUT2D eigenvalue weighted by Gasteiger charge is 2.32. The molecule has 144 valence electrons. The summed E-state index contributed by atoms with van der Waals surface area (Å²) in [6.45, 7) is 2.27. The summed E-state index contributed by atoms with van der Waals surface area (Å²) in [4.78, 5) is 38.7. The number of allylic oxidation sites excluding steroid dienone is 3. The van der Waals surface area contributed by atoms with Crippen molar-refractivity contribution in [2.75, 3.05) is 6.54 Å². The molecule has 0 aliphatic carbocycles. The van der Waals surface area contributed by atoms with Gasteiger partial charge in [-0.2, -0.15) is 0 Å². The van der Waals surface area contributed by atoms with Crippen LogP contribution in [0.2, 0.25) is 0 Å². The van der Waals surface area contributed by atoms with Crippen LogP contribution in [-0.4, -0.2) is 33.1 Å². The number of benzene rings is 2. The van der Waals surface area contributed by atoms with Gasteiger partial charge in [0.05, 0.1) is 10.6 Å². The first-order chi connectivity index (χ1) is 14.0. The lowest BCUT2D eigenvalue weighted by atomic mass is 10.1. The summed E-state index contributed by atoms with van der Waals surface area (Å²) in [7, 11) is 0. The summed E-state index contributed by atoms with van der Waals surface area (Å²) in [6.07, 6.45) is 7.07. The molecule has 0 spiro atoms. The van der Waals surface area contributed by atoms with E-state index in [2.05, 4.69) is 0 Å². The van der Waals surface area contributed by atoms with Gasteiger partial charge in [-0.15, -0.1) is 0 Å². The molecular weight excluding hydrogens is 370 g/mol. The Kier molecular flexibility index (Phi) is 4.56. The van der Waals surface area contributed by atoms with Gasteiger partial charge in [0.15, 0.2) is 0 Å². The Morgan fingerprint density at radius 1 is 1.14 bits per heavy atom. The molecule has 7 heteroatoms. The fourth-order valence-electron chi connectivity index (χ4n) is 3.37. The van der Waals surface area contributed by atoms with Crippen LogP contribution in [0.1, 0.15) is 33.2 Å². The van der Waals surface area contributed by atoms with Gasteiger partial charge in [-0.1, -0.05) is 18.2 Å². The number of carbonyl (C=O) groups is 2. The number of non-ortho nitro benzene ring substituents is 1. The van der Waals surface area contributed by atoms with Gasteiger partial charge < -0.3 is 4.90 Å². The minimum absolute atomic E-state index is 0.0624. The summed E-state index contributed by atoms with van der Waals surface area (Å²) in [5.74, 6) is -0.330. The highest BCUT2D eigenvalue weighted by molar-refractivity contribution is 6.10. The number of nitro benzene ring substituents is 1. The van der Waals surface area contributed by atoms with Crippen LogP contribution in [0.3, 0.4) is 0 Å². The number of fused-ring (bicyclic) bond motifs is 3. The lowest BCUT2D eigenvalue weighted by molar-refractivity contribution is -0.384. The van der Waals surface area contributed by atoms with E-state index in [1.165, 1.54) is 29.2 Å². The van der Waals surface area contributed by atoms with E-state index in [0.29, 0.717) is 17.7 Å². The lowest BCUT2D eigenvalue weighted by Gasteiger charge is -2.21. The van der Waals surface area contributed by atoms with Crippen LogP contribution >= 0.6 is 0 Å². The molecule has 7 nitrogen and oxygen atoms in total. The highest BCUT2D eigenvalue weighted by Crippen LogP contribution is 2.36. The average Bonchev–Trinajstić information content (AvgIpc) is 3.03. The molecule has 0 fully saturated rings. The number of amides is 2. The van der Waals surface area contributed by atoms with Gasteiger partial charge in [0, 0.05) is 47.8 Å². The Balaban J connectivity index is 1.63. The fourth-order valence-corrected chi connectivity index (χ4v) is 3.37. The standard InChI is InChI=1S/C22H17N3O4/c1-2-23(21(26)16-7-9-17(10-8-16)25(28)29)14-15-11-12-24-20(13-15)18-5-3-4-6-19(18)22(24)27/h3-14H,2H2,1H3. The largest absolute Gasteiger partial charge is 0.315 e. The Bertz CT molecular complexity index is 1110. The van der Waals surface area contributed by atoms with Crippen molar-refractivity contribution in [2.24, 2.45) is 0 Å². The van der Waals surface area contributed by atoms with Crippen LogP contribution in [0.25, 0.3) is 5.70 Å². The lowest BCUT2D eigenvalue weighted by Crippen LogP contribution is -2.26. The van der Waals surface area contributed by atoms with Crippen LogP contribution in [0.15, 0.2) is 78.7 Å². The van der Waals surface area contributed by atoms with E-state index in [9.17, 15) is 19.7 Å². The van der Waals surface area contributed by atoms with Crippen LogP contribution in [0.4, 0.5) is 5.69 Å². The molecule has 0 atom stereocenters. The normalized spacial score (nSPS) is 15.8. The minimum Gasteiger partial charge on any atom is -0.315 e. The summed E-state index contributed by atoms with van der Waals surface area (Å²) in [5, 5.41) is 10.8. The molecule has 0 bridgehead atoms. The predicted molar refractivity (Wildman–Crippen MR) is 108 cm³/mol. The smallest absolute Gasteiger partial charge is 0.269 e. The van der Waals surface area contributed by atoms with Gasteiger partial charge in [0.25, 0.3) is 17.5 Å². The Morgan fingerprint density at radius 3 is 2.48 bits per heavy atom. The topological polar surface area (TPSA) is 83.8 Å². The first-order valence-corrected chi connectivity index (χ1v) is 9.09. The van der Waals surface area contributed by atoms with E-state index in [0.717, 1.165) is 16.8 Å². The molecule has 0 N–H and O–H groups in total. The van der Waals surface area contributed by atoms with Crippen molar-refractivity contribution in [3.05, 3.63) is 105 Å². The van der Waals surface area contributed by atoms with Crippen molar-refractivity contribution >= 4 is 23.2 Å². The van der Waals surface area contributed by atoms with Crippen LogP contribution in [0, 0.1) is 10.1 Å². The molecule has 2 aliphatic heterocycles. The molecule has 0 radical (unpaired) electrons. The molecule has 4 rings (SSSR count). The molecule has 2 aliphatic rings. The van der Waals surface area contributed by atoms with E-state index in [1.54, 1.807) is 29.4 Å². The Morgan fingerprint density at radius 2 is 1.83 bits per heavy atom. The second kappa shape index (κ2) is 7.20. The Labute approximate surface area is 167 Å². The number of rotatable bonds is 4. The van der Waals surface area contributed by atoms with Gasteiger partial charge in [0.2, 0.25) is 0 Å². The van der Waals surface area contributed by atoms with Crippen molar-refractivity contribution in [1.82, 2.24) is 9.80 Å². The first kappa shape index (κ1) is 18.4. The molecular formula is C22H17N3O4. The van der Waals surface area contributed by atoms with E-state index in [4.69, 9.17) is 0 Å². The van der Waals surface area contributed by atoms with E-state index in [-0.39, 0.29) is 17.5 Å². The second-order valence-corrected chi connectivity index (χ2v) is 6.59. The fraction of sp³-hybridized carbons (Fsp3) is 0.0909. The first-order valence-electron chi connectivity index (χ1n) is 9.09. The summed E-state index contributed by atoms with van der Waals surface area (Å²) < 4.78 is 0. The van der Waals surface area contributed by atoms with Gasteiger partial charge in [0.1, 0.15) is 0 Å². The maximum Gasteiger partial charge on any atom is 0.269 e. The molecule has 0 aromatic heterocycles. The van der Waals surface area contributed by atoms with Crippen LogP contribution in [0.5, 0.6) is 0 Å². The van der Waals surface area contributed by atoms with Crippen molar-refractivity contribution < 1.29 is 14.5 Å². The maximum absolute atomic E-state index is 12.8. The minimum atomic E-state index is -0.501. The summed E-state index contributed by atoms with van der Waals surface area (Å²) >= 11 is 0. The summed E-state index contributed by atoms with van der Waals surface area (Å²) in [5.41, 5.74) is 3.37. The monoisotopic (exact) mass is 387 g/mol. The summed E-state index contributed by atoms with van der Waals surface area (Å²) in [6, 6.07) is 12.9. The number of carbonyl (C=O) groups excluding carboxylic acids is 2.